The lowest BCUT2D eigenvalue weighted by Gasteiger charge is -2.12. The molecule has 0 bridgehead atoms. The van der Waals surface area contributed by atoms with Crippen molar-refractivity contribution in [1.29, 1.82) is 0 Å². The number of benzene rings is 2. The van der Waals surface area contributed by atoms with E-state index in [1.165, 1.54) is 42.5 Å². The van der Waals surface area contributed by atoms with Gasteiger partial charge < -0.3 is 14.9 Å². The Morgan fingerprint density at radius 1 is 1.14 bits per heavy atom. The van der Waals surface area contributed by atoms with Gasteiger partial charge in [0.1, 0.15) is 11.5 Å². The molecule has 9 nitrogen and oxygen atoms in total. The number of aliphatic carboxylic acids is 1. The number of carboxylic acid groups (broad SMARTS) is 1. The van der Waals surface area contributed by atoms with Crippen LogP contribution in [-0.2, 0) is 14.8 Å². The fourth-order valence-corrected chi connectivity index (χ4v) is 3.19. The van der Waals surface area contributed by atoms with Crippen LogP contribution in [0.2, 0.25) is 0 Å². The zero-order valence-electron chi connectivity index (χ0n) is 15.0. The van der Waals surface area contributed by atoms with Gasteiger partial charge in [-0.2, -0.15) is 0 Å². The molecule has 2 aromatic rings. The van der Waals surface area contributed by atoms with E-state index < -0.39 is 21.9 Å². The summed E-state index contributed by atoms with van der Waals surface area (Å²) in [5, 5.41) is 18.2. The monoisotopic (exact) mass is 408 g/mol. The largest absolute Gasteiger partial charge is 0.507 e. The number of carbonyl (C=O) groups excluding carboxylic acids is 1. The molecule has 0 saturated carbocycles. The van der Waals surface area contributed by atoms with E-state index in [2.05, 4.69) is 0 Å². The number of amides is 1. The highest BCUT2D eigenvalue weighted by atomic mass is 32.2. The number of ether oxygens (including phenoxy) is 1. The van der Waals surface area contributed by atoms with Crippen molar-refractivity contribution in [3.8, 4) is 11.5 Å². The van der Waals surface area contributed by atoms with Crippen LogP contribution in [0.15, 0.2) is 47.4 Å². The van der Waals surface area contributed by atoms with Crippen LogP contribution in [0.5, 0.6) is 11.5 Å². The number of rotatable bonds is 9. The van der Waals surface area contributed by atoms with E-state index in [4.69, 9.17) is 9.84 Å². The minimum absolute atomic E-state index is 0.0217. The summed E-state index contributed by atoms with van der Waals surface area (Å²) >= 11 is 0. The SMILES string of the molecule is Cc1cc(S(=O)(=O)NNC(=O)c2ccccc2O)ccc1OCCCC(=O)O. The van der Waals surface area contributed by atoms with E-state index in [-0.39, 0.29) is 29.2 Å². The Labute approximate surface area is 162 Å². The highest BCUT2D eigenvalue weighted by molar-refractivity contribution is 7.89. The molecule has 0 aliphatic heterocycles. The van der Waals surface area contributed by atoms with Crippen molar-refractivity contribution < 1.29 is 33.0 Å². The number of aromatic hydroxyl groups is 1. The number of aryl methyl sites for hydroxylation is 1. The zero-order valence-corrected chi connectivity index (χ0v) is 15.8. The first-order chi connectivity index (χ1) is 13.2. The Hall–Kier alpha value is -3.11. The van der Waals surface area contributed by atoms with Crippen molar-refractivity contribution in [2.24, 2.45) is 0 Å². The maximum absolute atomic E-state index is 12.4. The normalized spacial score (nSPS) is 11.0. The number of phenols is 1. The summed E-state index contributed by atoms with van der Waals surface area (Å²) in [5.74, 6) is -1.57. The number of phenolic OH excluding ortho intramolecular Hbond substituents is 1. The van der Waals surface area contributed by atoms with Crippen LogP contribution < -0.4 is 15.0 Å². The Morgan fingerprint density at radius 2 is 1.86 bits per heavy atom. The summed E-state index contributed by atoms with van der Waals surface area (Å²) in [5.41, 5.74) is 2.50. The van der Waals surface area contributed by atoms with E-state index in [0.717, 1.165) is 0 Å². The Balaban J connectivity index is 2.01. The summed E-state index contributed by atoms with van der Waals surface area (Å²) in [4.78, 5) is 24.3. The second kappa shape index (κ2) is 9.20. The van der Waals surface area contributed by atoms with Crippen molar-refractivity contribution in [1.82, 2.24) is 10.3 Å². The first-order valence-electron chi connectivity index (χ1n) is 8.26. The highest BCUT2D eigenvalue weighted by Gasteiger charge is 2.18. The molecule has 0 radical (unpaired) electrons. The van der Waals surface area contributed by atoms with Crippen molar-refractivity contribution in [2.75, 3.05) is 6.61 Å². The number of nitrogens with one attached hydrogen (secondary N) is 2. The predicted molar refractivity (Wildman–Crippen MR) is 99.4 cm³/mol. The second-order valence-corrected chi connectivity index (χ2v) is 7.53. The molecule has 150 valence electrons. The molecule has 28 heavy (non-hydrogen) atoms. The second-order valence-electron chi connectivity index (χ2n) is 5.85. The Morgan fingerprint density at radius 3 is 2.50 bits per heavy atom. The standard InChI is InChI=1S/C18H20N2O7S/c1-12-11-13(8-9-16(12)27-10-4-7-17(22)23)28(25,26)20-19-18(24)14-5-2-3-6-15(14)21/h2-3,5-6,8-9,11,20-21H,4,7,10H2,1H3,(H,19,24)(H,22,23). The molecule has 10 heteroatoms. The van der Waals surface area contributed by atoms with Gasteiger partial charge in [-0.1, -0.05) is 12.1 Å². The smallest absolute Gasteiger partial charge is 0.303 e. The number of hydrazine groups is 1. The average Bonchev–Trinajstić information content (AvgIpc) is 2.64. The zero-order chi connectivity index (χ0) is 20.7. The molecule has 0 unspecified atom stereocenters. The van der Waals surface area contributed by atoms with Crippen LogP contribution in [0.1, 0.15) is 28.8 Å². The van der Waals surface area contributed by atoms with Gasteiger partial charge in [0.25, 0.3) is 15.9 Å². The van der Waals surface area contributed by atoms with Crippen LogP contribution in [0, 0.1) is 6.92 Å². The van der Waals surface area contributed by atoms with Crippen molar-refractivity contribution in [2.45, 2.75) is 24.7 Å². The molecule has 0 heterocycles. The van der Waals surface area contributed by atoms with Gasteiger partial charge in [-0.3, -0.25) is 15.0 Å². The summed E-state index contributed by atoms with van der Waals surface area (Å²) in [7, 11) is -4.05. The molecule has 0 aliphatic carbocycles. The fourth-order valence-electron chi connectivity index (χ4n) is 2.26. The van der Waals surface area contributed by atoms with Gasteiger partial charge in [0.2, 0.25) is 0 Å². The molecule has 2 rings (SSSR count). The van der Waals surface area contributed by atoms with E-state index in [9.17, 15) is 23.1 Å². The van der Waals surface area contributed by atoms with Gasteiger partial charge in [-0.25, -0.2) is 8.42 Å². The van der Waals surface area contributed by atoms with Gasteiger partial charge >= 0.3 is 5.97 Å². The van der Waals surface area contributed by atoms with Gasteiger partial charge in [0.05, 0.1) is 17.1 Å². The van der Waals surface area contributed by atoms with Crippen molar-refractivity contribution in [3.63, 3.8) is 0 Å². The molecular weight excluding hydrogens is 388 g/mol. The number of hydrogen-bond acceptors (Lipinski definition) is 6. The van der Waals surface area contributed by atoms with Crippen LogP contribution in [-0.4, -0.2) is 37.1 Å². The number of carboxylic acids is 1. The van der Waals surface area contributed by atoms with Crippen LogP contribution >= 0.6 is 0 Å². The molecule has 0 saturated heterocycles. The van der Waals surface area contributed by atoms with Crippen LogP contribution in [0.4, 0.5) is 0 Å². The van der Waals surface area contributed by atoms with Crippen molar-refractivity contribution in [3.05, 3.63) is 53.6 Å². The third-order valence-electron chi connectivity index (χ3n) is 3.70. The lowest BCUT2D eigenvalue weighted by Crippen LogP contribution is -2.41. The number of carbonyl (C=O) groups is 2. The molecule has 0 spiro atoms. The van der Waals surface area contributed by atoms with Gasteiger partial charge in [0, 0.05) is 6.42 Å². The summed E-state index contributed by atoms with van der Waals surface area (Å²) in [6, 6.07) is 9.83. The number of hydrogen-bond donors (Lipinski definition) is 4. The maximum atomic E-state index is 12.4. The summed E-state index contributed by atoms with van der Waals surface area (Å²) in [6.07, 6.45) is 0.306. The summed E-state index contributed by atoms with van der Waals surface area (Å²) < 4.78 is 30.2. The first kappa shape index (κ1) is 21.2. The molecule has 0 fully saturated rings. The molecule has 0 aromatic heterocycles. The van der Waals surface area contributed by atoms with Gasteiger partial charge in [-0.05, 0) is 49.2 Å². The molecule has 0 atom stereocenters. The number of para-hydroxylation sites is 1. The minimum Gasteiger partial charge on any atom is -0.507 e. The lowest BCUT2D eigenvalue weighted by atomic mass is 10.2. The van der Waals surface area contributed by atoms with E-state index >= 15 is 0 Å². The first-order valence-corrected chi connectivity index (χ1v) is 9.74. The number of sulfonamides is 1. The Kier molecular flexibility index (Phi) is 6.96. The van der Waals surface area contributed by atoms with E-state index in [0.29, 0.717) is 17.7 Å². The van der Waals surface area contributed by atoms with Gasteiger partial charge in [-0.15, -0.1) is 4.83 Å². The molecule has 2 aromatic carbocycles. The van der Waals surface area contributed by atoms with Crippen LogP contribution in [0.3, 0.4) is 0 Å². The topological polar surface area (TPSA) is 142 Å². The minimum atomic E-state index is -4.05. The summed E-state index contributed by atoms with van der Waals surface area (Å²) in [6.45, 7) is 1.83. The van der Waals surface area contributed by atoms with Crippen LogP contribution in [0.25, 0.3) is 0 Å². The molecule has 1 amide bonds. The average molecular weight is 408 g/mol. The third kappa shape index (κ3) is 5.69. The van der Waals surface area contributed by atoms with E-state index in [1.54, 1.807) is 6.92 Å². The van der Waals surface area contributed by atoms with Gasteiger partial charge in [0.15, 0.2) is 0 Å². The Bertz CT molecular complexity index is 974. The molecular formula is C18H20N2O7S. The van der Waals surface area contributed by atoms with Crippen molar-refractivity contribution >= 4 is 21.9 Å². The third-order valence-corrected chi connectivity index (χ3v) is 4.94. The highest BCUT2D eigenvalue weighted by Crippen LogP contribution is 2.22. The molecule has 4 N–H and O–H groups in total. The maximum Gasteiger partial charge on any atom is 0.303 e. The predicted octanol–water partition coefficient (Wildman–Crippen LogP) is 1.57. The molecule has 0 aliphatic rings. The quantitative estimate of drug-likeness (QED) is 0.364. The van der Waals surface area contributed by atoms with E-state index in [1.807, 2.05) is 10.3 Å². The fraction of sp³-hybridized carbons (Fsp3) is 0.222. The lowest BCUT2D eigenvalue weighted by molar-refractivity contribution is -0.137.